The van der Waals surface area contributed by atoms with E-state index in [-0.39, 0.29) is 12.4 Å². The van der Waals surface area contributed by atoms with E-state index < -0.39 is 0 Å². The molecule has 0 aliphatic heterocycles. The summed E-state index contributed by atoms with van der Waals surface area (Å²) in [5, 5.41) is 3.09. The molecule has 0 saturated carbocycles. The molecule has 0 unspecified atom stereocenters. The number of ether oxygens (including phenoxy) is 1. The van der Waals surface area contributed by atoms with Crippen molar-refractivity contribution in [1.82, 2.24) is 5.32 Å². The van der Waals surface area contributed by atoms with Gasteiger partial charge in [-0.3, -0.25) is 0 Å². The average Bonchev–Trinajstić information content (AvgIpc) is 2.04. The van der Waals surface area contributed by atoms with Crippen molar-refractivity contribution in [2.75, 3.05) is 14.2 Å². The molecule has 1 aromatic rings. The third-order valence-corrected chi connectivity index (χ3v) is 2.70. The number of halogens is 3. The number of benzene rings is 1. The molecule has 5 heteroatoms. The highest BCUT2D eigenvalue weighted by Crippen LogP contribution is 2.32. The van der Waals surface area contributed by atoms with Crippen molar-refractivity contribution in [1.29, 1.82) is 0 Å². The van der Waals surface area contributed by atoms with Crippen molar-refractivity contribution >= 4 is 44.3 Å². The molecular weight excluding hydrogens is 333 g/mol. The van der Waals surface area contributed by atoms with Crippen LogP contribution in [0.4, 0.5) is 0 Å². The van der Waals surface area contributed by atoms with Gasteiger partial charge in [0.1, 0.15) is 5.75 Å². The Kier molecular flexibility index (Phi) is 6.78. The molecule has 0 fully saturated rings. The van der Waals surface area contributed by atoms with Gasteiger partial charge >= 0.3 is 0 Å². The average molecular weight is 345 g/mol. The van der Waals surface area contributed by atoms with Crippen LogP contribution in [0.1, 0.15) is 5.56 Å². The predicted molar refractivity (Wildman–Crippen MR) is 68.4 cm³/mol. The maximum atomic E-state index is 5.28. The van der Waals surface area contributed by atoms with Crippen LogP contribution in [0.25, 0.3) is 0 Å². The maximum absolute atomic E-state index is 5.28. The number of methoxy groups -OCH3 is 1. The van der Waals surface area contributed by atoms with Crippen molar-refractivity contribution < 1.29 is 4.74 Å². The molecule has 0 radical (unpaired) electrons. The SMILES string of the molecule is CNCc1cc(Br)cc(Br)c1OC.Cl. The molecule has 0 saturated heterocycles. The first-order valence-electron chi connectivity index (χ1n) is 3.85. The quantitative estimate of drug-likeness (QED) is 0.907. The molecule has 0 aliphatic carbocycles. The van der Waals surface area contributed by atoms with E-state index in [1.54, 1.807) is 7.11 Å². The van der Waals surface area contributed by atoms with Crippen LogP contribution in [0.2, 0.25) is 0 Å². The van der Waals surface area contributed by atoms with Crippen LogP contribution in [-0.4, -0.2) is 14.2 Å². The Labute approximate surface area is 107 Å². The monoisotopic (exact) mass is 343 g/mol. The lowest BCUT2D eigenvalue weighted by Crippen LogP contribution is -2.06. The summed E-state index contributed by atoms with van der Waals surface area (Å²) < 4.78 is 7.29. The van der Waals surface area contributed by atoms with E-state index in [9.17, 15) is 0 Å². The predicted octanol–water partition coefficient (Wildman–Crippen LogP) is 3.36. The molecule has 0 aromatic heterocycles. The van der Waals surface area contributed by atoms with Crippen LogP contribution in [0, 0.1) is 0 Å². The molecule has 0 heterocycles. The highest BCUT2D eigenvalue weighted by molar-refractivity contribution is 9.11. The molecule has 0 aliphatic rings. The van der Waals surface area contributed by atoms with E-state index >= 15 is 0 Å². The van der Waals surface area contributed by atoms with Gasteiger partial charge in [-0.15, -0.1) is 12.4 Å². The third-order valence-electron chi connectivity index (χ3n) is 1.66. The molecule has 1 aromatic carbocycles. The van der Waals surface area contributed by atoms with E-state index in [1.807, 2.05) is 19.2 Å². The van der Waals surface area contributed by atoms with Gasteiger partial charge in [0.25, 0.3) is 0 Å². The lowest BCUT2D eigenvalue weighted by Gasteiger charge is -2.10. The second kappa shape index (κ2) is 6.67. The second-order valence-electron chi connectivity index (χ2n) is 2.61. The highest BCUT2D eigenvalue weighted by Gasteiger charge is 2.07. The van der Waals surface area contributed by atoms with Crippen molar-refractivity contribution in [2.45, 2.75) is 6.54 Å². The summed E-state index contributed by atoms with van der Waals surface area (Å²) in [7, 11) is 3.58. The lowest BCUT2D eigenvalue weighted by molar-refractivity contribution is 0.405. The normalized spacial score (nSPS) is 9.43. The van der Waals surface area contributed by atoms with Crippen molar-refractivity contribution in [3.05, 3.63) is 26.6 Å². The highest BCUT2D eigenvalue weighted by atomic mass is 79.9. The fourth-order valence-corrected chi connectivity index (χ4v) is 2.64. The van der Waals surface area contributed by atoms with Gasteiger partial charge in [-0.25, -0.2) is 0 Å². The second-order valence-corrected chi connectivity index (χ2v) is 4.38. The van der Waals surface area contributed by atoms with E-state index in [1.165, 1.54) is 0 Å². The number of rotatable bonds is 3. The standard InChI is InChI=1S/C9H11Br2NO.ClH/c1-12-5-6-3-7(10)4-8(11)9(6)13-2;/h3-4,12H,5H2,1-2H3;1H. The summed E-state index contributed by atoms with van der Waals surface area (Å²) in [5.41, 5.74) is 1.13. The minimum atomic E-state index is 0. The summed E-state index contributed by atoms with van der Waals surface area (Å²) in [6.07, 6.45) is 0. The van der Waals surface area contributed by atoms with Gasteiger partial charge in [0, 0.05) is 16.6 Å². The van der Waals surface area contributed by atoms with Crippen LogP contribution in [0.5, 0.6) is 5.75 Å². The number of nitrogens with one attached hydrogen (secondary N) is 1. The van der Waals surface area contributed by atoms with Gasteiger partial charge in [0.05, 0.1) is 11.6 Å². The summed E-state index contributed by atoms with van der Waals surface area (Å²) in [6, 6.07) is 4.01. The maximum Gasteiger partial charge on any atom is 0.137 e. The van der Waals surface area contributed by atoms with E-state index in [0.29, 0.717) is 0 Å². The van der Waals surface area contributed by atoms with Crippen molar-refractivity contribution in [3.8, 4) is 5.75 Å². The van der Waals surface area contributed by atoms with Gasteiger partial charge in [-0.2, -0.15) is 0 Å². The minimum absolute atomic E-state index is 0. The molecule has 14 heavy (non-hydrogen) atoms. The fourth-order valence-electron chi connectivity index (χ4n) is 1.16. The van der Waals surface area contributed by atoms with Gasteiger partial charge < -0.3 is 10.1 Å². The summed E-state index contributed by atoms with van der Waals surface area (Å²) >= 11 is 6.88. The first-order valence-corrected chi connectivity index (χ1v) is 5.44. The van der Waals surface area contributed by atoms with Crippen LogP contribution in [0.3, 0.4) is 0 Å². The molecule has 1 rings (SSSR count). The van der Waals surface area contributed by atoms with Crippen LogP contribution >= 0.6 is 44.3 Å². The van der Waals surface area contributed by atoms with Gasteiger partial charge in [0.15, 0.2) is 0 Å². The van der Waals surface area contributed by atoms with E-state index in [4.69, 9.17) is 4.74 Å². The van der Waals surface area contributed by atoms with E-state index in [2.05, 4.69) is 37.2 Å². The molecule has 0 amide bonds. The number of hydrogen-bond donors (Lipinski definition) is 1. The zero-order chi connectivity index (χ0) is 9.84. The van der Waals surface area contributed by atoms with Crippen LogP contribution in [-0.2, 0) is 6.54 Å². The molecule has 0 bridgehead atoms. The molecule has 1 N–H and O–H groups in total. The smallest absolute Gasteiger partial charge is 0.137 e. The first kappa shape index (κ1) is 14.2. The third kappa shape index (κ3) is 3.42. The van der Waals surface area contributed by atoms with Crippen LogP contribution in [0.15, 0.2) is 21.1 Å². The summed E-state index contributed by atoms with van der Waals surface area (Å²) in [5.74, 6) is 0.887. The minimum Gasteiger partial charge on any atom is -0.495 e. The lowest BCUT2D eigenvalue weighted by atomic mass is 10.2. The Balaban J connectivity index is 0.00000169. The zero-order valence-electron chi connectivity index (χ0n) is 7.93. The Morgan fingerprint density at radius 3 is 2.50 bits per heavy atom. The van der Waals surface area contributed by atoms with Gasteiger partial charge in [-0.05, 0) is 35.1 Å². The van der Waals surface area contributed by atoms with Crippen LogP contribution < -0.4 is 10.1 Å². The Hall–Kier alpha value is 0.230. The van der Waals surface area contributed by atoms with Crippen molar-refractivity contribution in [2.24, 2.45) is 0 Å². The molecule has 80 valence electrons. The van der Waals surface area contributed by atoms with Crippen molar-refractivity contribution in [3.63, 3.8) is 0 Å². The Morgan fingerprint density at radius 2 is 2.00 bits per heavy atom. The van der Waals surface area contributed by atoms with E-state index in [0.717, 1.165) is 26.8 Å². The number of hydrogen-bond acceptors (Lipinski definition) is 2. The summed E-state index contributed by atoms with van der Waals surface area (Å²) in [6.45, 7) is 0.793. The van der Waals surface area contributed by atoms with Gasteiger partial charge in [0.2, 0.25) is 0 Å². The summed E-state index contributed by atoms with van der Waals surface area (Å²) in [4.78, 5) is 0. The molecule has 0 atom stereocenters. The Bertz CT molecular complexity index is 307. The first-order chi connectivity index (χ1) is 6.19. The topological polar surface area (TPSA) is 21.3 Å². The largest absolute Gasteiger partial charge is 0.495 e. The molecule has 2 nitrogen and oxygen atoms in total. The fraction of sp³-hybridized carbons (Fsp3) is 0.333. The zero-order valence-corrected chi connectivity index (χ0v) is 11.9. The van der Waals surface area contributed by atoms with Gasteiger partial charge in [-0.1, -0.05) is 15.9 Å². The molecular formula is C9H12Br2ClNO. The molecule has 0 spiro atoms. The Morgan fingerprint density at radius 1 is 1.36 bits per heavy atom.